The molecule has 0 amide bonds. The zero-order valence-corrected chi connectivity index (χ0v) is 9.00. The van der Waals surface area contributed by atoms with E-state index in [2.05, 4.69) is 25.8 Å². The molecule has 0 aliphatic rings. The first-order chi connectivity index (χ1) is 6.49. The number of ether oxygens (including phenoxy) is 1. The third-order valence-electron chi connectivity index (χ3n) is 1.98. The molecule has 0 aromatic carbocycles. The standard InChI is InChI=1S/C11H15NO2/c1-11(2,3)9-6-5-8(7-13)10(12-9)14-4/h5-7H,1-4H3. The lowest BCUT2D eigenvalue weighted by Crippen LogP contribution is -2.14. The Morgan fingerprint density at radius 3 is 2.43 bits per heavy atom. The number of carbonyl (C=O) groups excluding carboxylic acids is 1. The van der Waals surface area contributed by atoms with Crippen LogP contribution < -0.4 is 4.74 Å². The second-order valence-electron chi connectivity index (χ2n) is 4.16. The number of hydrogen-bond donors (Lipinski definition) is 0. The van der Waals surface area contributed by atoms with Gasteiger partial charge in [-0.1, -0.05) is 20.8 Å². The first-order valence-electron chi connectivity index (χ1n) is 4.49. The van der Waals surface area contributed by atoms with E-state index < -0.39 is 0 Å². The van der Waals surface area contributed by atoms with E-state index in [1.54, 1.807) is 6.07 Å². The molecular formula is C11H15NO2. The number of rotatable bonds is 2. The van der Waals surface area contributed by atoms with Gasteiger partial charge in [0.15, 0.2) is 6.29 Å². The second kappa shape index (κ2) is 3.78. The maximum Gasteiger partial charge on any atom is 0.224 e. The van der Waals surface area contributed by atoms with Crippen LogP contribution in [0.5, 0.6) is 5.88 Å². The first-order valence-corrected chi connectivity index (χ1v) is 4.49. The molecule has 0 aliphatic heterocycles. The summed E-state index contributed by atoms with van der Waals surface area (Å²) in [5.74, 6) is 0.396. The highest BCUT2D eigenvalue weighted by molar-refractivity contribution is 5.78. The predicted octanol–water partition coefficient (Wildman–Crippen LogP) is 2.20. The molecule has 0 saturated heterocycles. The number of nitrogens with zero attached hydrogens (tertiary/aromatic N) is 1. The number of carbonyl (C=O) groups is 1. The Labute approximate surface area is 84.1 Å². The second-order valence-corrected chi connectivity index (χ2v) is 4.16. The van der Waals surface area contributed by atoms with Gasteiger partial charge in [0.05, 0.1) is 12.7 Å². The average molecular weight is 193 g/mol. The van der Waals surface area contributed by atoms with Crippen molar-refractivity contribution in [2.75, 3.05) is 7.11 Å². The van der Waals surface area contributed by atoms with Crippen molar-refractivity contribution in [2.24, 2.45) is 0 Å². The van der Waals surface area contributed by atoms with E-state index in [1.165, 1.54) is 7.11 Å². The van der Waals surface area contributed by atoms with Crippen molar-refractivity contribution in [1.82, 2.24) is 4.98 Å². The Bertz CT molecular complexity index is 340. The SMILES string of the molecule is COc1nc(C(C)(C)C)ccc1C=O. The summed E-state index contributed by atoms with van der Waals surface area (Å²) < 4.78 is 5.03. The van der Waals surface area contributed by atoms with Crippen molar-refractivity contribution in [3.8, 4) is 5.88 Å². The monoisotopic (exact) mass is 193 g/mol. The van der Waals surface area contributed by atoms with Crippen molar-refractivity contribution in [3.05, 3.63) is 23.4 Å². The average Bonchev–Trinajstić information content (AvgIpc) is 2.15. The van der Waals surface area contributed by atoms with Gasteiger partial charge in [-0.05, 0) is 12.1 Å². The minimum Gasteiger partial charge on any atom is -0.480 e. The Morgan fingerprint density at radius 2 is 2.00 bits per heavy atom. The molecule has 1 aromatic heterocycles. The topological polar surface area (TPSA) is 39.2 Å². The minimum atomic E-state index is -0.0330. The van der Waals surface area contributed by atoms with E-state index in [4.69, 9.17) is 4.74 Å². The molecule has 1 heterocycles. The van der Waals surface area contributed by atoms with Gasteiger partial charge in [-0.3, -0.25) is 4.79 Å². The van der Waals surface area contributed by atoms with Crippen LogP contribution in [0.3, 0.4) is 0 Å². The van der Waals surface area contributed by atoms with Crippen molar-refractivity contribution in [3.63, 3.8) is 0 Å². The van der Waals surface area contributed by atoms with Crippen molar-refractivity contribution >= 4 is 6.29 Å². The van der Waals surface area contributed by atoms with Crippen LogP contribution in [0.2, 0.25) is 0 Å². The van der Waals surface area contributed by atoms with Crippen LogP contribution >= 0.6 is 0 Å². The number of pyridine rings is 1. The third kappa shape index (κ3) is 2.10. The smallest absolute Gasteiger partial charge is 0.224 e. The van der Waals surface area contributed by atoms with E-state index in [-0.39, 0.29) is 5.41 Å². The number of aromatic nitrogens is 1. The molecule has 76 valence electrons. The molecule has 0 bridgehead atoms. The van der Waals surface area contributed by atoms with E-state index in [9.17, 15) is 4.79 Å². The maximum atomic E-state index is 10.6. The molecule has 14 heavy (non-hydrogen) atoms. The molecule has 0 saturated carbocycles. The van der Waals surface area contributed by atoms with Gasteiger partial charge < -0.3 is 4.74 Å². The summed E-state index contributed by atoms with van der Waals surface area (Å²) in [5, 5.41) is 0. The fourth-order valence-electron chi connectivity index (χ4n) is 1.12. The van der Waals surface area contributed by atoms with Crippen LogP contribution in [0.15, 0.2) is 12.1 Å². The molecule has 1 rings (SSSR count). The summed E-state index contributed by atoms with van der Waals surface area (Å²) >= 11 is 0. The molecule has 3 heteroatoms. The van der Waals surface area contributed by atoms with Gasteiger partial charge >= 0.3 is 0 Å². The van der Waals surface area contributed by atoms with Gasteiger partial charge in [0, 0.05) is 11.1 Å². The molecule has 0 spiro atoms. The fourth-order valence-corrected chi connectivity index (χ4v) is 1.12. The molecule has 1 aromatic rings. The van der Waals surface area contributed by atoms with Crippen molar-refractivity contribution < 1.29 is 9.53 Å². The van der Waals surface area contributed by atoms with E-state index >= 15 is 0 Å². The number of hydrogen-bond acceptors (Lipinski definition) is 3. The summed E-state index contributed by atoms with van der Waals surface area (Å²) in [6.45, 7) is 6.19. The Balaban J connectivity index is 3.21. The quantitative estimate of drug-likeness (QED) is 0.676. The van der Waals surface area contributed by atoms with Crippen LogP contribution in [-0.4, -0.2) is 18.4 Å². The van der Waals surface area contributed by atoms with Gasteiger partial charge in [-0.2, -0.15) is 0 Å². The van der Waals surface area contributed by atoms with Gasteiger partial charge in [0.1, 0.15) is 0 Å². The Hall–Kier alpha value is -1.38. The molecule has 3 nitrogen and oxygen atoms in total. The maximum absolute atomic E-state index is 10.6. The summed E-state index contributed by atoms with van der Waals surface area (Å²) in [5.41, 5.74) is 1.37. The zero-order valence-electron chi connectivity index (χ0n) is 9.00. The summed E-state index contributed by atoms with van der Waals surface area (Å²) in [6, 6.07) is 3.59. The van der Waals surface area contributed by atoms with E-state index in [1.807, 2.05) is 6.07 Å². The van der Waals surface area contributed by atoms with Crippen LogP contribution in [-0.2, 0) is 5.41 Å². The lowest BCUT2D eigenvalue weighted by Gasteiger charge is -2.18. The van der Waals surface area contributed by atoms with Crippen molar-refractivity contribution in [1.29, 1.82) is 0 Å². The van der Waals surface area contributed by atoms with Crippen LogP contribution in [0, 0.1) is 0 Å². The molecule has 0 fully saturated rings. The molecule has 0 aliphatic carbocycles. The third-order valence-corrected chi connectivity index (χ3v) is 1.98. The molecule has 0 unspecified atom stereocenters. The van der Waals surface area contributed by atoms with Crippen LogP contribution in [0.1, 0.15) is 36.8 Å². The van der Waals surface area contributed by atoms with Crippen LogP contribution in [0.4, 0.5) is 0 Å². The van der Waals surface area contributed by atoms with Gasteiger partial charge in [0.2, 0.25) is 5.88 Å². The highest BCUT2D eigenvalue weighted by Gasteiger charge is 2.17. The van der Waals surface area contributed by atoms with Crippen molar-refractivity contribution in [2.45, 2.75) is 26.2 Å². The lowest BCUT2D eigenvalue weighted by molar-refractivity contribution is 0.111. The predicted molar refractivity (Wildman–Crippen MR) is 54.9 cm³/mol. The highest BCUT2D eigenvalue weighted by atomic mass is 16.5. The number of methoxy groups -OCH3 is 1. The molecule has 0 atom stereocenters. The fraction of sp³-hybridized carbons (Fsp3) is 0.455. The summed E-state index contributed by atoms with van der Waals surface area (Å²) in [7, 11) is 1.52. The number of aldehydes is 1. The Morgan fingerprint density at radius 1 is 1.36 bits per heavy atom. The summed E-state index contributed by atoms with van der Waals surface area (Å²) in [6.07, 6.45) is 0.748. The zero-order chi connectivity index (χ0) is 10.8. The molecule has 0 N–H and O–H groups in total. The molecule has 0 radical (unpaired) electrons. The molecular weight excluding hydrogens is 178 g/mol. The lowest BCUT2D eigenvalue weighted by atomic mass is 9.91. The Kier molecular flexibility index (Phi) is 2.89. The van der Waals surface area contributed by atoms with E-state index in [0.717, 1.165) is 12.0 Å². The van der Waals surface area contributed by atoms with Crippen LogP contribution in [0.25, 0.3) is 0 Å². The normalized spacial score (nSPS) is 11.1. The van der Waals surface area contributed by atoms with E-state index in [0.29, 0.717) is 11.4 Å². The first kappa shape index (κ1) is 10.7. The summed E-state index contributed by atoms with van der Waals surface area (Å²) in [4.78, 5) is 14.9. The van der Waals surface area contributed by atoms with Gasteiger partial charge in [-0.25, -0.2) is 4.98 Å². The highest BCUT2D eigenvalue weighted by Crippen LogP contribution is 2.23. The minimum absolute atomic E-state index is 0.0330. The van der Waals surface area contributed by atoms with Gasteiger partial charge in [0.25, 0.3) is 0 Å². The largest absolute Gasteiger partial charge is 0.480 e. The van der Waals surface area contributed by atoms with Gasteiger partial charge in [-0.15, -0.1) is 0 Å².